The molecule has 1 heterocycles. The summed E-state index contributed by atoms with van der Waals surface area (Å²) in [7, 11) is -4.06. The van der Waals surface area contributed by atoms with Gasteiger partial charge in [-0.15, -0.1) is 0 Å². The lowest BCUT2D eigenvalue weighted by Crippen LogP contribution is -2.27. The topological polar surface area (TPSA) is 107 Å². The van der Waals surface area contributed by atoms with Crippen molar-refractivity contribution in [1.29, 1.82) is 0 Å². The van der Waals surface area contributed by atoms with Crippen LogP contribution in [-0.2, 0) is 10.0 Å². The van der Waals surface area contributed by atoms with Gasteiger partial charge in [-0.3, -0.25) is 10.1 Å². The SMILES string of the molecule is NS(=O)(=O)c1cc([N+](=O)[O-])ccc1N1CCCC(c2ccccc2)CC1. The van der Waals surface area contributed by atoms with Crippen LogP contribution < -0.4 is 10.0 Å². The minimum atomic E-state index is -4.06. The summed E-state index contributed by atoms with van der Waals surface area (Å²) < 4.78 is 23.9. The monoisotopic (exact) mass is 375 g/mol. The Labute approximate surface area is 152 Å². The van der Waals surface area contributed by atoms with E-state index in [9.17, 15) is 18.5 Å². The number of nitrogens with zero attached hydrogens (tertiary/aromatic N) is 2. The summed E-state index contributed by atoms with van der Waals surface area (Å²) in [5.41, 5.74) is 1.44. The van der Waals surface area contributed by atoms with Gasteiger partial charge in [-0.05, 0) is 36.8 Å². The molecule has 7 nitrogen and oxygen atoms in total. The standard InChI is InChI=1S/C18H21N3O4S/c19-26(24,25)18-13-16(21(22)23)8-9-17(18)20-11-4-7-15(10-12-20)14-5-2-1-3-6-14/h1-3,5-6,8-9,13,15H,4,7,10-12H2,(H2,19,24,25). The van der Waals surface area contributed by atoms with Crippen LogP contribution in [0.15, 0.2) is 53.4 Å². The quantitative estimate of drug-likeness (QED) is 0.653. The van der Waals surface area contributed by atoms with E-state index in [2.05, 4.69) is 12.1 Å². The average Bonchev–Trinajstić information content (AvgIpc) is 2.87. The van der Waals surface area contributed by atoms with E-state index in [0.29, 0.717) is 24.7 Å². The highest BCUT2D eigenvalue weighted by atomic mass is 32.2. The number of primary sulfonamides is 1. The average molecular weight is 375 g/mol. The molecule has 3 rings (SSSR count). The minimum absolute atomic E-state index is 0.190. The van der Waals surface area contributed by atoms with E-state index in [4.69, 9.17) is 5.14 Å². The van der Waals surface area contributed by atoms with Crippen molar-refractivity contribution >= 4 is 21.4 Å². The lowest BCUT2D eigenvalue weighted by atomic mass is 9.92. The second kappa shape index (κ2) is 7.43. The lowest BCUT2D eigenvalue weighted by Gasteiger charge is -2.25. The van der Waals surface area contributed by atoms with Crippen molar-refractivity contribution in [2.45, 2.75) is 30.1 Å². The van der Waals surface area contributed by atoms with Gasteiger partial charge >= 0.3 is 0 Å². The van der Waals surface area contributed by atoms with Gasteiger partial charge in [0, 0.05) is 25.2 Å². The zero-order valence-corrected chi connectivity index (χ0v) is 15.1. The molecule has 0 spiro atoms. The van der Waals surface area contributed by atoms with Crippen LogP contribution in [0.1, 0.15) is 30.7 Å². The molecule has 0 aromatic heterocycles. The maximum Gasteiger partial charge on any atom is 0.270 e. The highest BCUT2D eigenvalue weighted by Gasteiger charge is 2.25. The molecule has 1 aliphatic heterocycles. The first kappa shape index (κ1) is 18.3. The fourth-order valence-electron chi connectivity index (χ4n) is 3.50. The van der Waals surface area contributed by atoms with Gasteiger partial charge in [-0.2, -0.15) is 0 Å². The molecule has 0 aliphatic carbocycles. The molecular weight excluding hydrogens is 354 g/mol. The molecule has 26 heavy (non-hydrogen) atoms. The van der Waals surface area contributed by atoms with Crippen molar-refractivity contribution in [2.24, 2.45) is 5.14 Å². The van der Waals surface area contributed by atoms with Gasteiger partial charge in [0.2, 0.25) is 10.0 Å². The summed E-state index contributed by atoms with van der Waals surface area (Å²) in [4.78, 5) is 12.1. The Bertz CT molecular complexity index is 900. The number of anilines is 1. The molecule has 0 radical (unpaired) electrons. The van der Waals surface area contributed by atoms with E-state index in [1.807, 2.05) is 23.1 Å². The second-order valence-electron chi connectivity index (χ2n) is 6.48. The van der Waals surface area contributed by atoms with Gasteiger partial charge in [0.05, 0.1) is 10.6 Å². The molecule has 8 heteroatoms. The Morgan fingerprint density at radius 3 is 2.46 bits per heavy atom. The van der Waals surface area contributed by atoms with E-state index >= 15 is 0 Å². The molecule has 1 aliphatic rings. The fourth-order valence-corrected chi connectivity index (χ4v) is 4.27. The van der Waals surface area contributed by atoms with Crippen LogP contribution in [0.5, 0.6) is 0 Å². The molecule has 1 saturated heterocycles. The fraction of sp³-hybridized carbons (Fsp3) is 0.333. The number of nitro benzene ring substituents is 1. The number of hydrogen-bond acceptors (Lipinski definition) is 5. The van der Waals surface area contributed by atoms with Crippen molar-refractivity contribution < 1.29 is 13.3 Å². The molecule has 138 valence electrons. The Morgan fingerprint density at radius 2 is 1.81 bits per heavy atom. The first-order valence-electron chi connectivity index (χ1n) is 8.47. The highest BCUT2D eigenvalue weighted by Crippen LogP contribution is 2.33. The molecule has 2 aromatic rings. The van der Waals surface area contributed by atoms with Crippen LogP contribution in [0, 0.1) is 10.1 Å². The first-order valence-corrected chi connectivity index (χ1v) is 10.0. The van der Waals surface area contributed by atoms with E-state index in [-0.39, 0.29) is 10.6 Å². The van der Waals surface area contributed by atoms with Crippen LogP contribution in [0.25, 0.3) is 0 Å². The van der Waals surface area contributed by atoms with Gasteiger partial charge in [-0.25, -0.2) is 13.6 Å². The van der Waals surface area contributed by atoms with Crippen molar-refractivity contribution in [1.82, 2.24) is 0 Å². The van der Waals surface area contributed by atoms with Crippen LogP contribution in [0.3, 0.4) is 0 Å². The third-order valence-electron chi connectivity index (χ3n) is 4.80. The lowest BCUT2D eigenvalue weighted by molar-refractivity contribution is -0.385. The highest BCUT2D eigenvalue weighted by molar-refractivity contribution is 7.89. The van der Waals surface area contributed by atoms with Gasteiger partial charge in [0.15, 0.2) is 0 Å². The molecule has 0 saturated carbocycles. The maximum atomic E-state index is 12.0. The third-order valence-corrected chi connectivity index (χ3v) is 5.74. The second-order valence-corrected chi connectivity index (χ2v) is 8.01. The molecule has 1 fully saturated rings. The van der Waals surface area contributed by atoms with Crippen molar-refractivity contribution in [3.05, 3.63) is 64.2 Å². The number of non-ortho nitro benzene ring substituents is 1. The molecule has 0 bridgehead atoms. The summed E-state index contributed by atoms with van der Waals surface area (Å²) in [6.07, 6.45) is 2.80. The first-order chi connectivity index (χ1) is 12.4. The number of benzene rings is 2. The van der Waals surface area contributed by atoms with E-state index in [1.54, 1.807) is 0 Å². The Balaban J connectivity index is 1.88. The number of rotatable bonds is 4. The number of nitrogens with two attached hydrogens (primary N) is 1. The van der Waals surface area contributed by atoms with E-state index in [1.165, 1.54) is 17.7 Å². The van der Waals surface area contributed by atoms with Crippen molar-refractivity contribution in [3.63, 3.8) is 0 Å². The van der Waals surface area contributed by atoms with Crippen LogP contribution in [0.2, 0.25) is 0 Å². The zero-order valence-electron chi connectivity index (χ0n) is 14.2. The molecule has 1 atom stereocenters. The van der Waals surface area contributed by atoms with Crippen molar-refractivity contribution in [2.75, 3.05) is 18.0 Å². The molecule has 0 amide bonds. The molecule has 2 aromatic carbocycles. The normalized spacial score (nSPS) is 18.3. The van der Waals surface area contributed by atoms with Crippen molar-refractivity contribution in [3.8, 4) is 0 Å². The molecular formula is C18H21N3O4S. The number of sulfonamides is 1. The zero-order chi connectivity index (χ0) is 18.7. The Hall–Kier alpha value is -2.45. The molecule has 2 N–H and O–H groups in total. The summed E-state index contributed by atoms with van der Waals surface area (Å²) in [5, 5.41) is 16.3. The number of nitro groups is 1. The van der Waals surface area contributed by atoms with Gasteiger partial charge in [0.1, 0.15) is 4.90 Å². The Kier molecular flexibility index (Phi) is 5.24. The summed E-state index contributed by atoms with van der Waals surface area (Å²) >= 11 is 0. The summed E-state index contributed by atoms with van der Waals surface area (Å²) in [5.74, 6) is 0.414. The minimum Gasteiger partial charge on any atom is -0.370 e. The Morgan fingerprint density at radius 1 is 1.08 bits per heavy atom. The maximum absolute atomic E-state index is 12.0. The predicted molar refractivity (Wildman–Crippen MR) is 99.7 cm³/mol. The van der Waals surface area contributed by atoms with E-state index in [0.717, 1.165) is 25.3 Å². The van der Waals surface area contributed by atoms with Gasteiger partial charge < -0.3 is 4.90 Å². The van der Waals surface area contributed by atoms with E-state index < -0.39 is 14.9 Å². The largest absolute Gasteiger partial charge is 0.370 e. The van der Waals surface area contributed by atoms with Crippen LogP contribution in [0.4, 0.5) is 11.4 Å². The van der Waals surface area contributed by atoms with Gasteiger partial charge in [-0.1, -0.05) is 30.3 Å². The summed E-state index contributed by atoms with van der Waals surface area (Å²) in [6, 6.07) is 14.1. The molecule has 1 unspecified atom stereocenters. The van der Waals surface area contributed by atoms with Crippen LogP contribution in [-0.4, -0.2) is 26.4 Å². The summed E-state index contributed by atoms with van der Waals surface area (Å²) in [6.45, 7) is 1.35. The predicted octanol–water partition coefficient (Wildman–Crippen LogP) is 3.02. The smallest absolute Gasteiger partial charge is 0.270 e. The van der Waals surface area contributed by atoms with Gasteiger partial charge in [0.25, 0.3) is 5.69 Å². The van der Waals surface area contributed by atoms with Crippen LogP contribution >= 0.6 is 0 Å². The third kappa shape index (κ3) is 4.03. The number of hydrogen-bond donors (Lipinski definition) is 1.